The van der Waals surface area contributed by atoms with E-state index >= 15 is 0 Å². The fraction of sp³-hybridized carbons (Fsp3) is 0.938. The summed E-state index contributed by atoms with van der Waals surface area (Å²) in [4.78, 5) is 12.9. The highest BCUT2D eigenvalue weighted by Crippen LogP contribution is 2.66. The lowest BCUT2D eigenvalue weighted by Gasteiger charge is -2.61. The molecule has 0 aromatic heterocycles. The van der Waals surface area contributed by atoms with Gasteiger partial charge in [-0.05, 0) is 55.8 Å². The number of hydrogen-bond donors (Lipinski definition) is 0. The van der Waals surface area contributed by atoms with E-state index in [0.717, 1.165) is 11.8 Å². The van der Waals surface area contributed by atoms with Crippen LogP contribution in [0.2, 0.25) is 0 Å². The summed E-state index contributed by atoms with van der Waals surface area (Å²) in [7, 11) is 0. The molecule has 4 saturated carbocycles. The number of rotatable bonds is 1. The van der Waals surface area contributed by atoms with Gasteiger partial charge in [0.1, 0.15) is 5.78 Å². The lowest BCUT2D eigenvalue weighted by molar-refractivity contribution is -0.160. The Morgan fingerprint density at radius 1 is 1.06 bits per heavy atom. The van der Waals surface area contributed by atoms with Gasteiger partial charge in [-0.25, -0.2) is 0 Å². The Morgan fingerprint density at radius 3 is 2.00 bits per heavy atom. The van der Waals surface area contributed by atoms with E-state index in [1.54, 1.807) is 0 Å². The largest absolute Gasteiger partial charge is 0.298 e. The van der Waals surface area contributed by atoms with Crippen LogP contribution >= 0.6 is 0 Å². The van der Waals surface area contributed by atoms with Crippen LogP contribution in [0, 0.1) is 28.1 Å². The zero-order chi connectivity index (χ0) is 12.5. The summed E-state index contributed by atoms with van der Waals surface area (Å²) in [6.07, 6.45) is 7.79. The molecule has 0 aromatic rings. The van der Waals surface area contributed by atoms with Crippen LogP contribution in [-0.4, -0.2) is 5.78 Å². The zero-order valence-electron chi connectivity index (χ0n) is 11.8. The third kappa shape index (κ3) is 1.69. The molecule has 0 N–H and O–H groups in total. The summed E-state index contributed by atoms with van der Waals surface area (Å²) in [5.74, 6) is 2.27. The van der Waals surface area contributed by atoms with Crippen LogP contribution in [0.25, 0.3) is 0 Å². The molecule has 96 valence electrons. The normalized spacial score (nSPS) is 48.5. The van der Waals surface area contributed by atoms with Gasteiger partial charge in [-0.3, -0.25) is 4.79 Å². The molecule has 4 fully saturated rings. The summed E-state index contributed by atoms with van der Waals surface area (Å²) in [5, 5.41) is 0. The zero-order valence-corrected chi connectivity index (χ0v) is 11.8. The van der Waals surface area contributed by atoms with Crippen molar-refractivity contribution < 1.29 is 4.79 Å². The van der Waals surface area contributed by atoms with Crippen LogP contribution in [0.3, 0.4) is 0 Å². The van der Waals surface area contributed by atoms with Gasteiger partial charge in [-0.15, -0.1) is 0 Å². The van der Waals surface area contributed by atoms with Crippen molar-refractivity contribution in [2.24, 2.45) is 28.1 Å². The average molecular weight is 234 g/mol. The molecule has 1 nitrogen and oxygen atoms in total. The number of ketones is 1. The van der Waals surface area contributed by atoms with Crippen LogP contribution in [0.1, 0.15) is 66.2 Å². The number of carbonyl (C=O) groups excluding carboxylic acids is 1. The number of carbonyl (C=O) groups is 1. The van der Waals surface area contributed by atoms with Crippen molar-refractivity contribution in [1.82, 2.24) is 0 Å². The monoisotopic (exact) mass is 234 g/mol. The third-order valence-electron chi connectivity index (χ3n) is 5.52. The summed E-state index contributed by atoms with van der Waals surface area (Å²) in [6.45, 7) is 8.76. The predicted molar refractivity (Wildman–Crippen MR) is 69.7 cm³/mol. The second-order valence-corrected chi connectivity index (χ2v) is 8.63. The molecule has 4 aliphatic carbocycles. The molecule has 0 aliphatic heterocycles. The van der Waals surface area contributed by atoms with Crippen molar-refractivity contribution in [2.75, 3.05) is 0 Å². The molecular weight excluding hydrogens is 208 g/mol. The summed E-state index contributed by atoms with van der Waals surface area (Å²) in [6, 6.07) is 0. The maximum absolute atomic E-state index is 12.9. The first kappa shape index (κ1) is 11.7. The quantitative estimate of drug-likeness (QED) is 0.664. The molecule has 4 aliphatic rings. The van der Waals surface area contributed by atoms with Gasteiger partial charge >= 0.3 is 0 Å². The first-order chi connectivity index (χ1) is 7.73. The molecule has 17 heavy (non-hydrogen) atoms. The molecule has 1 heteroatoms. The summed E-state index contributed by atoms with van der Waals surface area (Å²) in [5.41, 5.74) is 0.407. The second-order valence-electron chi connectivity index (χ2n) is 8.63. The van der Waals surface area contributed by atoms with Gasteiger partial charge in [0, 0.05) is 10.8 Å². The highest BCUT2D eigenvalue weighted by molar-refractivity contribution is 5.89. The molecule has 0 heterocycles. The lowest BCUT2D eigenvalue weighted by atomic mass is 9.42. The lowest BCUT2D eigenvalue weighted by Crippen LogP contribution is -2.56. The maximum Gasteiger partial charge on any atom is 0.144 e. The van der Waals surface area contributed by atoms with E-state index in [0.29, 0.717) is 11.2 Å². The van der Waals surface area contributed by atoms with Gasteiger partial charge in [0.25, 0.3) is 0 Å². The summed E-state index contributed by atoms with van der Waals surface area (Å²) < 4.78 is 0. The second kappa shape index (κ2) is 3.16. The molecule has 4 bridgehead atoms. The van der Waals surface area contributed by atoms with Crippen molar-refractivity contribution in [1.29, 1.82) is 0 Å². The van der Waals surface area contributed by atoms with Crippen LogP contribution in [0.5, 0.6) is 0 Å². The minimum absolute atomic E-state index is 0.0666. The van der Waals surface area contributed by atoms with E-state index in [9.17, 15) is 4.79 Å². The van der Waals surface area contributed by atoms with Gasteiger partial charge in [-0.2, -0.15) is 0 Å². The van der Waals surface area contributed by atoms with Crippen molar-refractivity contribution in [3.8, 4) is 0 Å². The minimum Gasteiger partial charge on any atom is -0.298 e. The predicted octanol–water partition coefficient (Wildman–Crippen LogP) is 4.21. The molecule has 2 unspecified atom stereocenters. The van der Waals surface area contributed by atoms with E-state index in [1.165, 1.54) is 38.5 Å². The number of hydrogen-bond acceptors (Lipinski definition) is 1. The Kier molecular flexibility index (Phi) is 2.18. The van der Waals surface area contributed by atoms with Crippen molar-refractivity contribution in [3.63, 3.8) is 0 Å². The highest BCUT2D eigenvalue weighted by Gasteiger charge is 2.59. The summed E-state index contributed by atoms with van der Waals surface area (Å²) >= 11 is 0. The maximum atomic E-state index is 12.9. The molecule has 2 atom stereocenters. The molecule has 4 rings (SSSR count). The van der Waals surface area contributed by atoms with Crippen LogP contribution in [0.4, 0.5) is 0 Å². The number of Topliss-reactive ketones (excluding diaryl/α,β-unsaturated/α-hetero) is 1. The van der Waals surface area contributed by atoms with Crippen LogP contribution < -0.4 is 0 Å². The Hall–Kier alpha value is -0.330. The van der Waals surface area contributed by atoms with Gasteiger partial charge in [0.15, 0.2) is 0 Å². The molecule has 0 saturated heterocycles. The smallest absolute Gasteiger partial charge is 0.144 e. The van der Waals surface area contributed by atoms with Gasteiger partial charge in [-0.1, -0.05) is 27.7 Å². The molecule has 0 spiro atoms. The van der Waals surface area contributed by atoms with Crippen LogP contribution in [-0.2, 0) is 4.79 Å². The van der Waals surface area contributed by atoms with E-state index in [1.807, 2.05) is 0 Å². The first-order valence-electron chi connectivity index (χ1n) is 7.27. The minimum atomic E-state index is -0.151. The fourth-order valence-electron chi connectivity index (χ4n) is 5.78. The topological polar surface area (TPSA) is 17.1 Å². The molecule has 0 amide bonds. The SMILES string of the molecule is CC12CC3CC(C1)CC(C(=O)C(C)(C)C)(C3)C2. The van der Waals surface area contributed by atoms with Crippen LogP contribution in [0.15, 0.2) is 0 Å². The standard InChI is InChI=1S/C16H26O/c1-14(2,3)13(17)16-8-11-5-12(9-16)7-15(4,6-11)10-16/h11-12H,5-10H2,1-4H3. The first-order valence-corrected chi connectivity index (χ1v) is 7.27. The van der Waals surface area contributed by atoms with Gasteiger partial charge in [0.2, 0.25) is 0 Å². The van der Waals surface area contributed by atoms with Crippen molar-refractivity contribution >= 4 is 5.78 Å². The van der Waals surface area contributed by atoms with E-state index in [2.05, 4.69) is 27.7 Å². The van der Waals surface area contributed by atoms with E-state index < -0.39 is 0 Å². The third-order valence-corrected chi connectivity index (χ3v) is 5.52. The van der Waals surface area contributed by atoms with Crippen molar-refractivity contribution in [2.45, 2.75) is 66.2 Å². The highest BCUT2D eigenvalue weighted by atomic mass is 16.1. The Labute approximate surface area is 105 Å². The van der Waals surface area contributed by atoms with E-state index in [4.69, 9.17) is 0 Å². The molecule has 0 aromatic carbocycles. The fourth-order valence-corrected chi connectivity index (χ4v) is 5.78. The van der Waals surface area contributed by atoms with E-state index in [-0.39, 0.29) is 10.8 Å². The Balaban J connectivity index is 1.96. The molecular formula is C16H26O. The average Bonchev–Trinajstić information content (AvgIpc) is 2.10. The van der Waals surface area contributed by atoms with Crippen molar-refractivity contribution in [3.05, 3.63) is 0 Å². The Bertz CT molecular complexity index is 346. The van der Waals surface area contributed by atoms with Gasteiger partial charge in [0.05, 0.1) is 0 Å². The van der Waals surface area contributed by atoms with Gasteiger partial charge < -0.3 is 0 Å². The molecule has 0 radical (unpaired) electrons. The Morgan fingerprint density at radius 2 is 1.59 bits per heavy atom.